The Hall–Kier alpha value is -3.44. The summed E-state index contributed by atoms with van der Waals surface area (Å²) in [5, 5.41) is 3.13. The van der Waals surface area contributed by atoms with Crippen LogP contribution in [0.4, 0.5) is 29.3 Å². The minimum atomic E-state index is -4.64. The average Bonchev–Trinajstić information content (AvgIpc) is 3.15. The molecular formula is C24H28F4N6O2. The van der Waals surface area contributed by atoms with Gasteiger partial charge in [-0.25, -0.2) is 9.37 Å². The predicted octanol–water partition coefficient (Wildman–Crippen LogP) is 3.32. The summed E-state index contributed by atoms with van der Waals surface area (Å²) in [6, 6.07) is 2.42. The molecule has 0 aliphatic carbocycles. The molecule has 1 fully saturated rings. The Morgan fingerprint density at radius 1 is 1.11 bits per heavy atom. The Bertz CT molecular complexity index is 1160. The number of nitrogens with one attached hydrogen (secondary N) is 1. The van der Waals surface area contributed by atoms with Crippen molar-refractivity contribution in [2.45, 2.75) is 46.0 Å². The zero-order valence-corrected chi connectivity index (χ0v) is 20.3. The number of anilines is 2. The topological polar surface area (TPSA) is 81.7 Å². The Balaban J connectivity index is 1.56. The fourth-order valence-electron chi connectivity index (χ4n) is 4.39. The van der Waals surface area contributed by atoms with Crippen LogP contribution in [0, 0.1) is 5.82 Å². The maximum absolute atomic E-state index is 13.8. The Morgan fingerprint density at radius 3 is 2.42 bits per heavy atom. The molecule has 3 heterocycles. The van der Waals surface area contributed by atoms with Crippen LogP contribution in [0.2, 0.25) is 0 Å². The van der Waals surface area contributed by atoms with Gasteiger partial charge in [-0.2, -0.15) is 18.2 Å². The summed E-state index contributed by atoms with van der Waals surface area (Å²) >= 11 is 0. The number of hydrogen-bond donors (Lipinski definition) is 1. The van der Waals surface area contributed by atoms with Gasteiger partial charge in [0, 0.05) is 51.3 Å². The smallest absolute Gasteiger partial charge is 0.369 e. The van der Waals surface area contributed by atoms with Crippen LogP contribution in [-0.2, 0) is 23.9 Å². The first kappa shape index (κ1) is 25.6. The molecule has 2 aliphatic heterocycles. The van der Waals surface area contributed by atoms with E-state index in [1.165, 1.54) is 6.92 Å². The molecule has 1 aromatic carbocycles. The van der Waals surface area contributed by atoms with Gasteiger partial charge >= 0.3 is 6.18 Å². The van der Waals surface area contributed by atoms with E-state index in [0.29, 0.717) is 56.1 Å². The maximum atomic E-state index is 13.8. The Morgan fingerprint density at radius 2 is 1.81 bits per heavy atom. The number of benzene rings is 1. The standard InChI is InChI=1S/C24H28F4N6O2/c1-14(2)34-13-19-20(22(34)36)30-23(33-8-6-32(7-9-33)15(3)35)31-21(19)29-5-4-16-10-17(24(26,27)28)12-18(25)11-16/h10-12,14H,4-9,13H2,1-3H3,(H,29,30,31). The molecule has 12 heteroatoms. The summed E-state index contributed by atoms with van der Waals surface area (Å²) in [7, 11) is 0. The number of halogens is 4. The quantitative estimate of drug-likeness (QED) is 0.603. The van der Waals surface area contributed by atoms with Crippen molar-refractivity contribution in [1.82, 2.24) is 19.8 Å². The van der Waals surface area contributed by atoms with Crippen molar-refractivity contribution in [2.75, 3.05) is 42.9 Å². The van der Waals surface area contributed by atoms with Crippen molar-refractivity contribution in [3.8, 4) is 0 Å². The average molecular weight is 509 g/mol. The maximum Gasteiger partial charge on any atom is 0.416 e. The van der Waals surface area contributed by atoms with Crippen molar-refractivity contribution in [2.24, 2.45) is 0 Å². The summed E-state index contributed by atoms with van der Waals surface area (Å²) in [4.78, 5) is 39.2. The molecule has 0 unspecified atom stereocenters. The molecule has 0 spiro atoms. The van der Waals surface area contributed by atoms with Crippen LogP contribution in [0.3, 0.4) is 0 Å². The number of alkyl halides is 3. The summed E-state index contributed by atoms with van der Waals surface area (Å²) in [5.74, 6) is -0.404. The van der Waals surface area contributed by atoms with Crippen LogP contribution in [0.5, 0.6) is 0 Å². The molecule has 1 saturated heterocycles. The van der Waals surface area contributed by atoms with E-state index in [0.717, 1.165) is 12.1 Å². The van der Waals surface area contributed by atoms with Crippen molar-refractivity contribution in [1.29, 1.82) is 0 Å². The molecule has 4 rings (SSSR count). The summed E-state index contributed by atoms with van der Waals surface area (Å²) in [5.41, 5.74) is 0.0666. The zero-order chi connectivity index (χ0) is 26.2. The monoisotopic (exact) mass is 508 g/mol. The van der Waals surface area contributed by atoms with Crippen LogP contribution in [0.15, 0.2) is 18.2 Å². The fourth-order valence-corrected chi connectivity index (χ4v) is 4.39. The number of amides is 2. The number of nitrogens with zero attached hydrogens (tertiary/aromatic N) is 5. The first-order chi connectivity index (χ1) is 16.9. The van der Waals surface area contributed by atoms with Crippen LogP contribution >= 0.6 is 0 Å². The molecular weight excluding hydrogens is 480 g/mol. The van der Waals surface area contributed by atoms with E-state index in [9.17, 15) is 27.2 Å². The SMILES string of the molecule is CC(=O)N1CCN(c2nc(NCCc3cc(F)cc(C(F)(F)F)c3)c3c(n2)C(=O)N(C(C)C)C3)CC1. The number of fused-ring (bicyclic) bond motifs is 1. The highest BCUT2D eigenvalue weighted by molar-refractivity contribution is 5.98. The minimum Gasteiger partial charge on any atom is -0.369 e. The van der Waals surface area contributed by atoms with Gasteiger partial charge in [0.25, 0.3) is 5.91 Å². The first-order valence-electron chi connectivity index (χ1n) is 11.8. The number of hydrogen-bond acceptors (Lipinski definition) is 6. The summed E-state index contributed by atoms with van der Waals surface area (Å²) in [6.45, 7) is 7.81. The van der Waals surface area contributed by atoms with Gasteiger partial charge in [-0.3, -0.25) is 9.59 Å². The van der Waals surface area contributed by atoms with E-state index < -0.39 is 17.6 Å². The number of rotatable bonds is 6. The third kappa shape index (κ3) is 5.36. The first-order valence-corrected chi connectivity index (χ1v) is 11.8. The van der Waals surface area contributed by atoms with Crippen molar-refractivity contribution < 1.29 is 27.2 Å². The number of aromatic nitrogens is 2. The van der Waals surface area contributed by atoms with E-state index in [4.69, 9.17) is 0 Å². The molecule has 0 saturated carbocycles. The van der Waals surface area contributed by atoms with Crippen molar-refractivity contribution >= 4 is 23.6 Å². The van der Waals surface area contributed by atoms with Crippen LogP contribution < -0.4 is 10.2 Å². The van der Waals surface area contributed by atoms with Crippen LogP contribution in [0.25, 0.3) is 0 Å². The molecule has 36 heavy (non-hydrogen) atoms. The van der Waals surface area contributed by atoms with Gasteiger partial charge in [0.15, 0.2) is 0 Å². The third-order valence-electron chi connectivity index (χ3n) is 6.41. The van der Waals surface area contributed by atoms with Gasteiger partial charge in [0.1, 0.15) is 17.3 Å². The van der Waals surface area contributed by atoms with Gasteiger partial charge < -0.3 is 20.0 Å². The van der Waals surface area contributed by atoms with Gasteiger partial charge in [-0.05, 0) is 44.0 Å². The van der Waals surface area contributed by atoms with Gasteiger partial charge in [-0.1, -0.05) is 0 Å². The third-order valence-corrected chi connectivity index (χ3v) is 6.41. The molecule has 0 bridgehead atoms. The van der Waals surface area contributed by atoms with E-state index in [1.807, 2.05) is 18.7 Å². The molecule has 2 aromatic rings. The van der Waals surface area contributed by atoms with Gasteiger partial charge in [0.05, 0.1) is 12.1 Å². The second-order valence-electron chi connectivity index (χ2n) is 9.24. The van der Waals surface area contributed by atoms with Crippen LogP contribution in [-0.4, -0.2) is 70.3 Å². The van der Waals surface area contributed by atoms with E-state index in [-0.39, 0.29) is 42.1 Å². The van der Waals surface area contributed by atoms with Crippen molar-refractivity contribution in [3.63, 3.8) is 0 Å². The van der Waals surface area contributed by atoms with Crippen LogP contribution in [0.1, 0.15) is 48.0 Å². The number of carbonyl (C=O) groups excluding carboxylic acids is 2. The number of carbonyl (C=O) groups is 2. The predicted molar refractivity (Wildman–Crippen MR) is 125 cm³/mol. The second-order valence-corrected chi connectivity index (χ2v) is 9.24. The lowest BCUT2D eigenvalue weighted by Crippen LogP contribution is -2.48. The minimum absolute atomic E-state index is 0.0133. The molecule has 8 nitrogen and oxygen atoms in total. The Kier molecular flexibility index (Phi) is 7.05. The molecule has 2 amide bonds. The summed E-state index contributed by atoms with van der Waals surface area (Å²) < 4.78 is 52.9. The van der Waals surface area contributed by atoms with Gasteiger partial charge in [-0.15, -0.1) is 0 Å². The lowest BCUT2D eigenvalue weighted by atomic mass is 10.1. The molecule has 2 aliphatic rings. The Labute approximate surface area is 206 Å². The molecule has 194 valence electrons. The van der Waals surface area contributed by atoms with E-state index in [2.05, 4.69) is 15.3 Å². The fraction of sp³-hybridized carbons (Fsp3) is 0.500. The van der Waals surface area contributed by atoms with E-state index in [1.54, 1.807) is 9.80 Å². The number of piperazine rings is 1. The molecule has 1 N–H and O–H groups in total. The highest BCUT2D eigenvalue weighted by atomic mass is 19.4. The molecule has 0 radical (unpaired) electrons. The molecule has 1 aromatic heterocycles. The highest BCUT2D eigenvalue weighted by Gasteiger charge is 2.35. The van der Waals surface area contributed by atoms with Crippen molar-refractivity contribution in [3.05, 3.63) is 46.4 Å². The lowest BCUT2D eigenvalue weighted by Gasteiger charge is -2.34. The summed E-state index contributed by atoms with van der Waals surface area (Å²) in [6.07, 6.45) is -4.52. The molecule has 0 atom stereocenters. The largest absolute Gasteiger partial charge is 0.416 e. The second kappa shape index (κ2) is 9.90. The van der Waals surface area contributed by atoms with Gasteiger partial charge in [0.2, 0.25) is 11.9 Å². The highest BCUT2D eigenvalue weighted by Crippen LogP contribution is 2.32. The zero-order valence-electron chi connectivity index (χ0n) is 20.3. The van der Waals surface area contributed by atoms with E-state index >= 15 is 0 Å². The lowest BCUT2D eigenvalue weighted by molar-refractivity contribution is -0.137. The normalized spacial score (nSPS) is 16.1.